The normalized spacial score (nSPS) is 15.1. The van der Waals surface area contributed by atoms with Crippen molar-refractivity contribution in [2.75, 3.05) is 26.7 Å². The van der Waals surface area contributed by atoms with Gasteiger partial charge in [0.25, 0.3) is 5.91 Å². The smallest absolute Gasteiger partial charge is 0.250 e. The summed E-state index contributed by atoms with van der Waals surface area (Å²) in [5.74, 6) is 0.215. The summed E-state index contributed by atoms with van der Waals surface area (Å²) in [6, 6.07) is 15.5. The number of fused-ring (bicyclic) bond motifs is 1. The maximum Gasteiger partial charge on any atom is 0.250 e. The van der Waals surface area contributed by atoms with Crippen molar-refractivity contribution in [3.63, 3.8) is 0 Å². The highest BCUT2D eigenvalue weighted by Crippen LogP contribution is 2.31. The number of primary amides is 1. The van der Waals surface area contributed by atoms with Gasteiger partial charge >= 0.3 is 0 Å². The SMILES string of the molecule is COc1ccccc1[C@H](CNC(=O)Cn1cc(C(N)=O)c2ccccc21)N1CCCC1. The lowest BCUT2D eigenvalue weighted by molar-refractivity contribution is -0.121. The van der Waals surface area contributed by atoms with Crippen LogP contribution < -0.4 is 15.8 Å². The topological polar surface area (TPSA) is 89.6 Å². The minimum Gasteiger partial charge on any atom is -0.496 e. The van der Waals surface area contributed by atoms with E-state index < -0.39 is 5.91 Å². The number of hydrogen-bond acceptors (Lipinski definition) is 4. The second-order valence-corrected chi connectivity index (χ2v) is 7.86. The van der Waals surface area contributed by atoms with Gasteiger partial charge in [-0.2, -0.15) is 0 Å². The molecule has 0 aliphatic carbocycles. The van der Waals surface area contributed by atoms with Gasteiger partial charge in [-0.25, -0.2) is 0 Å². The molecule has 7 heteroatoms. The molecular weight excluding hydrogens is 392 g/mol. The van der Waals surface area contributed by atoms with Gasteiger partial charge in [-0.3, -0.25) is 14.5 Å². The van der Waals surface area contributed by atoms with Crippen LogP contribution in [-0.4, -0.2) is 48.0 Å². The summed E-state index contributed by atoms with van der Waals surface area (Å²) in [5, 5.41) is 3.84. The standard InChI is InChI=1S/C24H28N4O3/c1-31-22-11-5-3-9-18(22)21(27-12-6-7-13-27)14-26-23(29)16-28-15-19(24(25)30)17-8-2-4-10-20(17)28/h2-5,8-11,15,21H,6-7,12-14,16H2,1H3,(H2,25,30)(H,26,29)/t21-/m0/s1. The Morgan fingerprint density at radius 2 is 1.81 bits per heavy atom. The predicted molar refractivity (Wildman–Crippen MR) is 120 cm³/mol. The molecule has 0 saturated carbocycles. The Kier molecular flexibility index (Phi) is 6.23. The zero-order valence-electron chi connectivity index (χ0n) is 17.7. The third kappa shape index (κ3) is 4.41. The highest BCUT2D eigenvalue weighted by Gasteiger charge is 2.26. The van der Waals surface area contributed by atoms with Crippen LogP contribution in [-0.2, 0) is 11.3 Å². The molecule has 1 fully saturated rings. The molecule has 1 aromatic heterocycles. The minimum atomic E-state index is -0.499. The summed E-state index contributed by atoms with van der Waals surface area (Å²) in [6.45, 7) is 2.61. The lowest BCUT2D eigenvalue weighted by Crippen LogP contribution is -2.38. The Morgan fingerprint density at radius 1 is 1.10 bits per heavy atom. The summed E-state index contributed by atoms with van der Waals surface area (Å²) in [4.78, 5) is 27.0. The van der Waals surface area contributed by atoms with Gasteiger partial charge < -0.3 is 20.4 Å². The maximum absolute atomic E-state index is 12.8. The molecule has 3 aromatic rings. The third-order valence-corrected chi connectivity index (χ3v) is 5.94. The van der Waals surface area contributed by atoms with E-state index in [9.17, 15) is 9.59 Å². The summed E-state index contributed by atoms with van der Waals surface area (Å²) < 4.78 is 7.35. The molecule has 0 unspecified atom stereocenters. The Morgan fingerprint density at radius 3 is 2.55 bits per heavy atom. The molecule has 7 nitrogen and oxygen atoms in total. The molecule has 2 aromatic carbocycles. The number of nitrogens with two attached hydrogens (primary N) is 1. The van der Waals surface area contributed by atoms with E-state index in [2.05, 4.69) is 16.3 Å². The Balaban J connectivity index is 1.51. The summed E-state index contributed by atoms with van der Waals surface area (Å²) >= 11 is 0. The van der Waals surface area contributed by atoms with Crippen molar-refractivity contribution in [3.05, 3.63) is 65.9 Å². The number of aromatic nitrogens is 1. The van der Waals surface area contributed by atoms with Gasteiger partial charge in [-0.1, -0.05) is 36.4 Å². The fraction of sp³-hybridized carbons (Fsp3) is 0.333. The molecule has 0 bridgehead atoms. The number of methoxy groups -OCH3 is 1. The molecule has 2 heterocycles. The van der Waals surface area contributed by atoms with Gasteiger partial charge in [-0.15, -0.1) is 0 Å². The van der Waals surface area contributed by atoms with Crippen LogP contribution >= 0.6 is 0 Å². The molecule has 1 aliphatic heterocycles. The van der Waals surface area contributed by atoms with Crippen molar-refractivity contribution >= 4 is 22.7 Å². The highest BCUT2D eigenvalue weighted by molar-refractivity contribution is 6.06. The summed E-state index contributed by atoms with van der Waals surface area (Å²) in [6.07, 6.45) is 3.97. The van der Waals surface area contributed by atoms with Crippen LogP contribution in [0.3, 0.4) is 0 Å². The first-order valence-electron chi connectivity index (χ1n) is 10.6. The van der Waals surface area contributed by atoms with Crippen molar-refractivity contribution in [2.24, 2.45) is 5.73 Å². The fourth-order valence-electron chi connectivity index (χ4n) is 4.43. The molecule has 1 atom stereocenters. The van der Waals surface area contributed by atoms with Crippen molar-refractivity contribution in [3.8, 4) is 5.75 Å². The first-order valence-corrected chi connectivity index (χ1v) is 10.6. The number of carbonyl (C=O) groups is 2. The van der Waals surface area contributed by atoms with Gasteiger partial charge in [0.1, 0.15) is 12.3 Å². The number of carbonyl (C=O) groups excluding carboxylic acids is 2. The molecule has 3 N–H and O–H groups in total. The Bertz CT molecular complexity index is 1090. The average Bonchev–Trinajstić information content (AvgIpc) is 3.43. The van der Waals surface area contributed by atoms with Gasteiger partial charge in [0.15, 0.2) is 0 Å². The summed E-state index contributed by atoms with van der Waals surface area (Å²) in [7, 11) is 1.67. The number of rotatable bonds is 8. The number of amides is 2. The minimum absolute atomic E-state index is 0.0465. The van der Waals surface area contributed by atoms with Gasteiger partial charge in [0.05, 0.1) is 18.7 Å². The van der Waals surface area contributed by atoms with Crippen LogP contribution in [0.4, 0.5) is 0 Å². The molecule has 4 rings (SSSR count). The van der Waals surface area contributed by atoms with E-state index in [1.807, 2.05) is 42.5 Å². The van der Waals surface area contributed by atoms with Crippen molar-refractivity contribution in [1.29, 1.82) is 0 Å². The number of para-hydroxylation sites is 2. The van der Waals surface area contributed by atoms with E-state index in [0.29, 0.717) is 12.1 Å². The highest BCUT2D eigenvalue weighted by atomic mass is 16.5. The molecule has 2 amide bonds. The number of hydrogen-bond donors (Lipinski definition) is 2. The van der Waals surface area contributed by atoms with Gasteiger partial charge in [0.2, 0.25) is 5.91 Å². The first kappa shape index (κ1) is 20.9. The molecular formula is C24H28N4O3. The Hall–Kier alpha value is -3.32. The molecule has 162 valence electrons. The van der Waals surface area contributed by atoms with Crippen molar-refractivity contribution in [2.45, 2.75) is 25.4 Å². The maximum atomic E-state index is 12.8. The van der Waals surface area contributed by atoms with Gasteiger partial charge in [-0.05, 0) is 38.1 Å². The van der Waals surface area contributed by atoms with E-state index in [1.54, 1.807) is 17.9 Å². The zero-order chi connectivity index (χ0) is 21.8. The monoisotopic (exact) mass is 420 g/mol. The van der Waals surface area contributed by atoms with Crippen LogP contribution in [0, 0.1) is 0 Å². The lowest BCUT2D eigenvalue weighted by Gasteiger charge is -2.29. The average molecular weight is 421 g/mol. The molecule has 0 radical (unpaired) electrons. The predicted octanol–water partition coefficient (Wildman–Crippen LogP) is 2.70. The third-order valence-electron chi connectivity index (χ3n) is 5.94. The number of likely N-dealkylation sites (tertiary alicyclic amines) is 1. The Labute approximate surface area is 181 Å². The van der Waals surface area contributed by atoms with Crippen LogP contribution in [0.1, 0.15) is 34.8 Å². The van der Waals surface area contributed by atoms with E-state index in [0.717, 1.165) is 48.1 Å². The van der Waals surface area contributed by atoms with E-state index in [1.165, 1.54) is 0 Å². The zero-order valence-corrected chi connectivity index (χ0v) is 17.7. The second kappa shape index (κ2) is 9.22. The van der Waals surface area contributed by atoms with Crippen molar-refractivity contribution in [1.82, 2.24) is 14.8 Å². The van der Waals surface area contributed by atoms with Crippen LogP contribution in [0.5, 0.6) is 5.75 Å². The quantitative estimate of drug-likeness (QED) is 0.586. The second-order valence-electron chi connectivity index (χ2n) is 7.86. The van der Waals surface area contributed by atoms with Crippen molar-refractivity contribution < 1.29 is 14.3 Å². The number of benzene rings is 2. The van der Waals surface area contributed by atoms with E-state index >= 15 is 0 Å². The number of ether oxygens (including phenoxy) is 1. The molecule has 31 heavy (non-hydrogen) atoms. The first-order chi connectivity index (χ1) is 15.1. The fourth-order valence-corrected chi connectivity index (χ4v) is 4.43. The molecule has 1 saturated heterocycles. The number of nitrogens with zero attached hydrogens (tertiary/aromatic N) is 2. The summed E-state index contributed by atoms with van der Waals surface area (Å²) in [5.41, 5.74) is 7.83. The van der Waals surface area contributed by atoms with Crippen LogP contribution in [0.25, 0.3) is 10.9 Å². The largest absolute Gasteiger partial charge is 0.496 e. The molecule has 1 aliphatic rings. The molecule has 0 spiro atoms. The van der Waals surface area contributed by atoms with Crippen LogP contribution in [0.2, 0.25) is 0 Å². The lowest BCUT2D eigenvalue weighted by atomic mass is 10.0. The number of nitrogens with one attached hydrogen (secondary N) is 1. The van der Waals surface area contributed by atoms with Crippen LogP contribution in [0.15, 0.2) is 54.7 Å². The van der Waals surface area contributed by atoms with Gasteiger partial charge in [0, 0.05) is 29.2 Å². The van der Waals surface area contributed by atoms with E-state index in [-0.39, 0.29) is 18.5 Å². The van der Waals surface area contributed by atoms with E-state index in [4.69, 9.17) is 10.5 Å².